The number of imidazole rings is 1. The topological polar surface area (TPSA) is 43.8 Å². The summed E-state index contributed by atoms with van der Waals surface area (Å²) in [6.45, 7) is 2.87. The lowest BCUT2D eigenvalue weighted by Gasteiger charge is -2.07. The van der Waals surface area contributed by atoms with Crippen molar-refractivity contribution in [1.29, 1.82) is 0 Å². The summed E-state index contributed by atoms with van der Waals surface area (Å²) in [5, 5.41) is 0.602. The lowest BCUT2D eigenvalue weighted by molar-refractivity contribution is 0.732. The molecule has 2 aromatic rings. The van der Waals surface area contributed by atoms with Gasteiger partial charge in [0.1, 0.15) is 5.82 Å². The van der Waals surface area contributed by atoms with E-state index in [4.69, 9.17) is 17.3 Å². The van der Waals surface area contributed by atoms with Crippen LogP contribution >= 0.6 is 11.6 Å². The first-order valence-electron chi connectivity index (χ1n) is 5.24. The van der Waals surface area contributed by atoms with Crippen LogP contribution in [0.2, 0.25) is 5.02 Å². The van der Waals surface area contributed by atoms with Gasteiger partial charge in [-0.3, -0.25) is 0 Å². The van der Waals surface area contributed by atoms with E-state index in [-0.39, 0.29) is 0 Å². The fourth-order valence-electron chi connectivity index (χ4n) is 1.69. The number of anilines is 1. The Morgan fingerprint density at radius 3 is 2.94 bits per heavy atom. The molecule has 0 fully saturated rings. The molecule has 0 aliphatic rings. The predicted molar refractivity (Wildman–Crippen MR) is 66.6 cm³/mol. The molecule has 2 rings (SSSR count). The Labute approximate surface area is 99.9 Å². The third-order valence-electron chi connectivity index (χ3n) is 2.53. The van der Waals surface area contributed by atoms with Crippen molar-refractivity contribution in [3.05, 3.63) is 47.0 Å². The molecule has 0 aliphatic heterocycles. The first-order chi connectivity index (χ1) is 7.70. The van der Waals surface area contributed by atoms with Gasteiger partial charge in [0.25, 0.3) is 0 Å². The Morgan fingerprint density at radius 1 is 1.44 bits per heavy atom. The first kappa shape index (κ1) is 11.0. The second-order valence-electron chi connectivity index (χ2n) is 3.68. The Hall–Kier alpha value is -1.48. The number of aromatic nitrogens is 2. The smallest absolute Gasteiger partial charge is 0.108 e. The van der Waals surface area contributed by atoms with Gasteiger partial charge < -0.3 is 10.3 Å². The first-order valence-corrected chi connectivity index (χ1v) is 5.62. The van der Waals surface area contributed by atoms with Crippen LogP contribution in [-0.2, 0) is 13.0 Å². The molecule has 0 aliphatic carbocycles. The normalized spacial score (nSPS) is 10.6. The van der Waals surface area contributed by atoms with Crippen LogP contribution in [0, 0.1) is 0 Å². The van der Waals surface area contributed by atoms with Crippen molar-refractivity contribution in [2.75, 3.05) is 5.73 Å². The van der Waals surface area contributed by atoms with E-state index in [0.717, 1.165) is 24.4 Å². The van der Waals surface area contributed by atoms with Gasteiger partial charge in [0, 0.05) is 25.4 Å². The third-order valence-corrected chi connectivity index (χ3v) is 2.88. The van der Waals surface area contributed by atoms with Crippen molar-refractivity contribution in [3.63, 3.8) is 0 Å². The average Bonchev–Trinajstić information content (AvgIpc) is 2.71. The number of aryl methyl sites for hydroxylation is 1. The maximum absolute atomic E-state index is 5.88. The minimum Gasteiger partial charge on any atom is -0.398 e. The molecule has 0 amide bonds. The fraction of sp³-hybridized carbons (Fsp3) is 0.250. The molecule has 4 heteroatoms. The summed E-state index contributed by atoms with van der Waals surface area (Å²) in [5.74, 6) is 1.08. The zero-order chi connectivity index (χ0) is 11.5. The van der Waals surface area contributed by atoms with Crippen molar-refractivity contribution in [2.24, 2.45) is 0 Å². The van der Waals surface area contributed by atoms with Crippen LogP contribution in [0.3, 0.4) is 0 Å². The van der Waals surface area contributed by atoms with Gasteiger partial charge in [-0.1, -0.05) is 24.6 Å². The van der Waals surface area contributed by atoms with E-state index < -0.39 is 0 Å². The number of benzene rings is 1. The van der Waals surface area contributed by atoms with Crippen molar-refractivity contribution < 1.29 is 0 Å². The van der Waals surface area contributed by atoms with E-state index in [1.807, 2.05) is 30.6 Å². The lowest BCUT2D eigenvalue weighted by atomic mass is 10.2. The van der Waals surface area contributed by atoms with Crippen LogP contribution in [0.4, 0.5) is 5.69 Å². The number of hydrogen-bond donors (Lipinski definition) is 1. The molecule has 0 atom stereocenters. The van der Waals surface area contributed by atoms with Crippen molar-refractivity contribution in [3.8, 4) is 0 Å². The Kier molecular flexibility index (Phi) is 3.15. The van der Waals surface area contributed by atoms with Gasteiger partial charge >= 0.3 is 0 Å². The quantitative estimate of drug-likeness (QED) is 0.832. The van der Waals surface area contributed by atoms with Crippen molar-refractivity contribution >= 4 is 17.3 Å². The third kappa shape index (κ3) is 2.19. The van der Waals surface area contributed by atoms with Crippen LogP contribution in [0.5, 0.6) is 0 Å². The molecule has 84 valence electrons. The number of nitrogens with two attached hydrogens (primary N) is 1. The van der Waals surface area contributed by atoms with Gasteiger partial charge in [0.15, 0.2) is 0 Å². The Balaban J connectivity index is 2.24. The predicted octanol–water partition coefficient (Wildman–Crippen LogP) is 2.73. The molecule has 3 nitrogen and oxygen atoms in total. The molecule has 1 aromatic carbocycles. The molecular formula is C12H14ClN3. The highest BCUT2D eigenvalue weighted by Crippen LogP contribution is 2.20. The molecule has 0 spiro atoms. The average molecular weight is 236 g/mol. The van der Waals surface area contributed by atoms with E-state index in [2.05, 4.69) is 16.5 Å². The second kappa shape index (κ2) is 4.58. The maximum atomic E-state index is 5.88. The summed E-state index contributed by atoms with van der Waals surface area (Å²) in [7, 11) is 0. The molecular weight excluding hydrogens is 222 g/mol. The van der Waals surface area contributed by atoms with E-state index in [0.29, 0.717) is 10.7 Å². The minimum absolute atomic E-state index is 0.602. The molecule has 2 N–H and O–H groups in total. The van der Waals surface area contributed by atoms with Crippen LogP contribution in [-0.4, -0.2) is 9.55 Å². The highest BCUT2D eigenvalue weighted by molar-refractivity contribution is 6.33. The molecule has 0 radical (unpaired) electrons. The van der Waals surface area contributed by atoms with Crippen LogP contribution < -0.4 is 5.73 Å². The van der Waals surface area contributed by atoms with Crippen LogP contribution in [0.25, 0.3) is 0 Å². The fourth-order valence-corrected chi connectivity index (χ4v) is 1.80. The molecule has 0 bridgehead atoms. The highest BCUT2D eigenvalue weighted by Gasteiger charge is 2.03. The van der Waals surface area contributed by atoms with Gasteiger partial charge in [-0.25, -0.2) is 4.98 Å². The van der Waals surface area contributed by atoms with Gasteiger partial charge in [-0.05, 0) is 17.7 Å². The molecule has 0 saturated carbocycles. The zero-order valence-corrected chi connectivity index (χ0v) is 9.91. The summed E-state index contributed by atoms with van der Waals surface area (Å²) in [4.78, 5) is 4.28. The number of nitrogens with zero attached hydrogens (tertiary/aromatic N) is 2. The molecule has 16 heavy (non-hydrogen) atoms. The Bertz CT molecular complexity index is 491. The monoisotopic (exact) mass is 235 g/mol. The lowest BCUT2D eigenvalue weighted by Crippen LogP contribution is -2.03. The van der Waals surface area contributed by atoms with Crippen molar-refractivity contribution in [2.45, 2.75) is 19.9 Å². The van der Waals surface area contributed by atoms with Gasteiger partial charge in [-0.2, -0.15) is 0 Å². The van der Waals surface area contributed by atoms with Crippen molar-refractivity contribution in [1.82, 2.24) is 9.55 Å². The summed E-state index contributed by atoms with van der Waals surface area (Å²) in [5.41, 5.74) is 7.52. The zero-order valence-electron chi connectivity index (χ0n) is 9.15. The summed E-state index contributed by atoms with van der Waals surface area (Å²) < 4.78 is 2.11. The number of hydrogen-bond acceptors (Lipinski definition) is 2. The van der Waals surface area contributed by atoms with E-state index in [9.17, 15) is 0 Å². The van der Waals surface area contributed by atoms with Crippen LogP contribution in [0.1, 0.15) is 18.3 Å². The number of halogens is 1. The summed E-state index contributed by atoms with van der Waals surface area (Å²) in [6.07, 6.45) is 4.72. The molecule has 1 aromatic heterocycles. The SMILES string of the molecule is CCc1nccn1Cc1ccc(Cl)c(N)c1. The van der Waals surface area contributed by atoms with E-state index in [1.54, 1.807) is 0 Å². The molecule has 1 heterocycles. The molecule has 0 unspecified atom stereocenters. The molecule has 0 saturated heterocycles. The van der Waals surface area contributed by atoms with Crippen LogP contribution in [0.15, 0.2) is 30.6 Å². The summed E-state index contributed by atoms with van der Waals surface area (Å²) >= 11 is 5.88. The Morgan fingerprint density at radius 2 is 2.25 bits per heavy atom. The van der Waals surface area contributed by atoms with Gasteiger partial charge in [0.05, 0.1) is 10.7 Å². The highest BCUT2D eigenvalue weighted by atomic mass is 35.5. The largest absolute Gasteiger partial charge is 0.398 e. The number of rotatable bonds is 3. The summed E-state index contributed by atoms with van der Waals surface area (Å²) in [6, 6.07) is 5.72. The van der Waals surface area contributed by atoms with E-state index >= 15 is 0 Å². The maximum Gasteiger partial charge on any atom is 0.108 e. The van der Waals surface area contributed by atoms with Gasteiger partial charge in [0.2, 0.25) is 0 Å². The number of nitrogen functional groups attached to an aromatic ring is 1. The van der Waals surface area contributed by atoms with Gasteiger partial charge in [-0.15, -0.1) is 0 Å². The minimum atomic E-state index is 0.602. The standard InChI is InChI=1S/C12H14ClN3/c1-2-12-15-5-6-16(12)8-9-3-4-10(13)11(14)7-9/h3-7H,2,8,14H2,1H3. The van der Waals surface area contributed by atoms with E-state index in [1.165, 1.54) is 0 Å². The second-order valence-corrected chi connectivity index (χ2v) is 4.09.